The van der Waals surface area contributed by atoms with Crippen molar-refractivity contribution in [3.8, 4) is 5.88 Å². The third-order valence-corrected chi connectivity index (χ3v) is 5.94. The smallest absolute Gasteiger partial charge is 0.257 e. The van der Waals surface area contributed by atoms with Crippen molar-refractivity contribution in [3.63, 3.8) is 0 Å². The summed E-state index contributed by atoms with van der Waals surface area (Å²) in [4.78, 5) is 23.9. The number of halogens is 1. The Morgan fingerprint density at radius 3 is 3.07 bits per heavy atom. The van der Waals surface area contributed by atoms with Crippen LogP contribution in [0.4, 0.5) is 10.2 Å². The Kier molecular flexibility index (Phi) is 3.73. The van der Waals surface area contributed by atoms with Crippen LogP contribution in [-0.4, -0.2) is 57.4 Å². The Labute approximate surface area is 170 Å². The zero-order valence-electron chi connectivity index (χ0n) is 16.0. The first-order valence-corrected chi connectivity index (χ1v) is 9.91. The molecule has 3 aromatic rings. The van der Waals surface area contributed by atoms with Crippen LogP contribution in [0, 0.1) is 5.82 Å². The van der Waals surface area contributed by atoms with E-state index in [1.165, 1.54) is 12.3 Å². The van der Waals surface area contributed by atoms with E-state index in [1.54, 1.807) is 10.7 Å². The number of carbonyl (C=O) groups excluding carboxylic acids is 1. The van der Waals surface area contributed by atoms with Crippen LogP contribution < -0.4 is 15.0 Å². The fourth-order valence-electron chi connectivity index (χ4n) is 4.09. The second kappa shape index (κ2) is 6.36. The second-order valence-corrected chi connectivity index (χ2v) is 7.97. The average Bonchev–Trinajstić information content (AvgIpc) is 3.38. The Morgan fingerprint density at radius 1 is 1.30 bits per heavy atom. The van der Waals surface area contributed by atoms with Gasteiger partial charge in [-0.2, -0.15) is 5.10 Å². The molecule has 1 spiro atoms. The molecule has 1 atom stereocenters. The van der Waals surface area contributed by atoms with Gasteiger partial charge in [0.25, 0.3) is 5.91 Å². The summed E-state index contributed by atoms with van der Waals surface area (Å²) >= 11 is 0. The Hall–Kier alpha value is -3.27. The van der Waals surface area contributed by atoms with Crippen molar-refractivity contribution >= 4 is 17.4 Å². The molecule has 0 unspecified atom stereocenters. The molecule has 2 bridgehead atoms. The minimum absolute atomic E-state index is 0.235. The number of aromatic nitrogens is 4. The molecule has 1 aliphatic carbocycles. The van der Waals surface area contributed by atoms with Gasteiger partial charge in [0.05, 0.1) is 37.2 Å². The molecule has 1 saturated carbocycles. The van der Waals surface area contributed by atoms with E-state index in [-0.39, 0.29) is 18.6 Å². The van der Waals surface area contributed by atoms with Gasteiger partial charge in [-0.05, 0) is 25.0 Å². The predicted octanol–water partition coefficient (Wildman–Crippen LogP) is 1.50. The summed E-state index contributed by atoms with van der Waals surface area (Å²) in [7, 11) is 0. The molecule has 6 rings (SSSR count). The highest BCUT2D eigenvalue weighted by atomic mass is 19.1. The van der Waals surface area contributed by atoms with Crippen molar-refractivity contribution in [1.29, 1.82) is 0 Å². The van der Waals surface area contributed by atoms with Crippen LogP contribution in [0.2, 0.25) is 0 Å². The van der Waals surface area contributed by atoms with Crippen LogP contribution in [0.3, 0.4) is 0 Å². The van der Waals surface area contributed by atoms with Crippen molar-refractivity contribution in [1.82, 2.24) is 24.9 Å². The third kappa shape index (κ3) is 2.78. The van der Waals surface area contributed by atoms with E-state index in [0.29, 0.717) is 48.2 Å². The van der Waals surface area contributed by atoms with Crippen molar-refractivity contribution in [3.05, 3.63) is 47.7 Å². The summed E-state index contributed by atoms with van der Waals surface area (Å²) in [6.07, 6.45) is 6.04. The van der Waals surface area contributed by atoms with E-state index in [0.717, 1.165) is 19.0 Å². The second-order valence-electron chi connectivity index (χ2n) is 7.97. The van der Waals surface area contributed by atoms with Gasteiger partial charge in [-0.25, -0.2) is 18.9 Å². The largest absolute Gasteiger partial charge is 0.475 e. The molecule has 1 amide bonds. The highest BCUT2D eigenvalue weighted by molar-refractivity contribution is 6.00. The quantitative estimate of drug-likeness (QED) is 0.600. The van der Waals surface area contributed by atoms with Crippen LogP contribution in [0.1, 0.15) is 34.8 Å². The molecule has 154 valence electrons. The monoisotopic (exact) mass is 410 g/mol. The standard InChI is InChI=1S/C20H19FN6O3/c21-12-7-13-15-10-29-6-5-26(15)16-1-4-27-17(24-16)14(9-23-27)18(28)25-20(2-3-20)11-30-19(13)22-8-12/h1,4,7-9,15H,2-3,5-6,10-11H2,(H,25,28)/t15-/m1/s1. The van der Waals surface area contributed by atoms with E-state index in [4.69, 9.17) is 14.5 Å². The summed E-state index contributed by atoms with van der Waals surface area (Å²) < 4.78 is 27.5. The highest BCUT2D eigenvalue weighted by Crippen LogP contribution is 2.39. The predicted molar refractivity (Wildman–Crippen MR) is 103 cm³/mol. The minimum Gasteiger partial charge on any atom is -0.475 e. The number of hydrogen-bond donors (Lipinski definition) is 1. The number of morpholine rings is 1. The number of nitrogens with one attached hydrogen (secondary N) is 1. The topological polar surface area (TPSA) is 93.9 Å². The summed E-state index contributed by atoms with van der Waals surface area (Å²) in [5.74, 6) is 0.325. The minimum atomic E-state index is -0.465. The van der Waals surface area contributed by atoms with Gasteiger partial charge in [-0.15, -0.1) is 0 Å². The summed E-state index contributed by atoms with van der Waals surface area (Å²) in [6.45, 7) is 1.68. The third-order valence-electron chi connectivity index (χ3n) is 5.94. The van der Waals surface area contributed by atoms with Crippen molar-refractivity contribution in [2.24, 2.45) is 0 Å². The van der Waals surface area contributed by atoms with E-state index in [9.17, 15) is 9.18 Å². The normalized spacial score (nSPS) is 22.4. The first kappa shape index (κ1) is 17.6. The van der Waals surface area contributed by atoms with Gasteiger partial charge in [0, 0.05) is 18.3 Å². The van der Waals surface area contributed by atoms with Gasteiger partial charge in [-0.1, -0.05) is 0 Å². The molecule has 1 N–H and O–H groups in total. The Balaban J connectivity index is 1.54. The van der Waals surface area contributed by atoms with Crippen LogP contribution in [0.15, 0.2) is 30.7 Å². The molecule has 5 heterocycles. The number of ether oxygens (including phenoxy) is 2. The number of nitrogens with zero attached hydrogens (tertiary/aromatic N) is 5. The van der Waals surface area contributed by atoms with Crippen molar-refractivity contribution in [2.45, 2.75) is 24.4 Å². The van der Waals surface area contributed by atoms with Gasteiger partial charge in [0.1, 0.15) is 23.8 Å². The van der Waals surface area contributed by atoms with Gasteiger partial charge >= 0.3 is 0 Å². The number of rotatable bonds is 0. The van der Waals surface area contributed by atoms with E-state index in [2.05, 4.69) is 15.4 Å². The lowest BCUT2D eigenvalue weighted by Gasteiger charge is -2.37. The lowest BCUT2D eigenvalue weighted by atomic mass is 10.1. The van der Waals surface area contributed by atoms with Crippen LogP contribution in [0.5, 0.6) is 5.88 Å². The van der Waals surface area contributed by atoms with Crippen molar-refractivity contribution < 1.29 is 18.7 Å². The number of pyridine rings is 1. The highest BCUT2D eigenvalue weighted by Gasteiger charge is 2.46. The fourth-order valence-corrected chi connectivity index (χ4v) is 4.09. The molecule has 2 aliphatic heterocycles. The maximum absolute atomic E-state index is 14.1. The SMILES string of the molecule is O=C1NC2(CC2)COc2ncc(F)cc2[C@H]2COCCN2c2ccn3ncc1c3n2. The summed E-state index contributed by atoms with van der Waals surface area (Å²) in [5.41, 5.74) is 1.02. The Morgan fingerprint density at radius 2 is 2.20 bits per heavy atom. The number of fused-ring (bicyclic) bond motifs is 5. The molecule has 10 heteroatoms. The zero-order valence-corrected chi connectivity index (χ0v) is 16.0. The van der Waals surface area contributed by atoms with Crippen LogP contribution >= 0.6 is 0 Å². The molecule has 2 fully saturated rings. The lowest BCUT2D eigenvalue weighted by Crippen LogP contribution is -2.42. The number of hydrogen-bond acceptors (Lipinski definition) is 7. The van der Waals surface area contributed by atoms with Gasteiger partial charge in [0.2, 0.25) is 5.88 Å². The molecule has 0 aromatic carbocycles. The maximum atomic E-state index is 14.1. The molecule has 3 aromatic heterocycles. The van der Waals surface area contributed by atoms with Crippen LogP contribution in [-0.2, 0) is 4.74 Å². The molecule has 30 heavy (non-hydrogen) atoms. The number of amides is 1. The Bertz CT molecular complexity index is 1160. The van der Waals surface area contributed by atoms with Gasteiger partial charge in [-0.3, -0.25) is 4.79 Å². The molecule has 1 saturated heterocycles. The van der Waals surface area contributed by atoms with Gasteiger partial charge < -0.3 is 19.7 Å². The van der Waals surface area contributed by atoms with Crippen molar-refractivity contribution in [2.75, 3.05) is 31.3 Å². The van der Waals surface area contributed by atoms with Gasteiger partial charge in [0.15, 0.2) is 5.65 Å². The fraction of sp³-hybridized carbons (Fsp3) is 0.400. The van der Waals surface area contributed by atoms with E-state index in [1.807, 2.05) is 11.0 Å². The summed E-state index contributed by atoms with van der Waals surface area (Å²) in [6, 6.07) is 2.95. The molecule has 9 nitrogen and oxygen atoms in total. The lowest BCUT2D eigenvalue weighted by molar-refractivity contribution is 0.0901. The number of anilines is 1. The first-order chi connectivity index (χ1) is 14.6. The molecule has 0 radical (unpaired) electrons. The van der Waals surface area contributed by atoms with E-state index < -0.39 is 11.4 Å². The molecular weight excluding hydrogens is 391 g/mol. The zero-order chi connectivity index (χ0) is 20.3. The first-order valence-electron chi connectivity index (χ1n) is 9.91. The maximum Gasteiger partial charge on any atom is 0.257 e. The molecule has 3 aliphatic rings. The summed E-state index contributed by atoms with van der Waals surface area (Å²) in [5, 5.41) is 7.33. The van der Waals surface area contributed by atoms with E-state index >= 15 is 0 Å². The molecular formula is C20H19FN6O3. The number of carbonyl (C=O) groups is 1. The average molecular weight is 410 g/mol. The van der Waals surface area contributed by atoms with Crippen LogP contribution in [0.25, 0.3) is 5.65 Å².